The smallest absolute Gasteiger partial charge is 0.338 e. The Balaban J connectivity index is 1.54. The lowest BCUT2D eigenvalue weighted by Gasteiger charge is -2.24. The van der Waals surface area contributed by atoms with Crippen LogP contribution in [-0.4, -0.2) is 23.8 Å². The number of esters is 1. The highest BCUT2D eigenvalue weighted by molar-refractivity contribution is 7.07. The fraction of sp³-hybridized carbons (Fsp3) is 0.219. The molecule has 1 aliphatic heterocycles. The van der Waals surface area contributed by atoms with Crippen LogP contribution in [-0.2, 0) is 16.1 Å². The van der Waals surface area contributed by atoms with Crippen molar-refractivity contribution in [3.05, 3.63) is 125 Å². The summed E-state index contributed by atoms with van der Waals surface area (Å²) < 4.78 is 19.0. The minimum absolute atomic E-state index is 0.213. The third-order valence-electron chi connectivity index (χ3n) is 6.53. The highest BCUT2D eigenvalue weighted by Gasteiger charge is 2.33. The van der Waals surface area contributed by atoms with Gasteiger partial charge in [-0.05, 0) is 68.3 Å². The van der Waals surface area contributed by atoms with E-state index in [4.69, 9.17) is 25.8 Å². The van der Waals surface area contributed by atoms with Crippen molar-refractivity contribution >= 4 is 35.0 Å². The summed E-state index contributed by atoms with van der Waals surface area (Å²) in [5.41, 5.74) is 3.05. The number of hydrogen-bond acceptors (Lipinski definition) is 7. The number of carbonyl (C=O) groups is 1. The van der Waals surface area contributed by atoms with Crippen LogP contribution in [0.5, 0.6) is 11.5 Å². The molecule has 0 fully saturated rings. The van der Waals surface area contributed by atoms with Crippen molar-refractivity contribution in [3.63, 3.8) is 0 Å². The predicted octanol–water partition coefficient (Wildman–Crippen LogP) is 5.43. The number of thiazole rings is 1. The Labute approximate surface area is 246 Å². The summed E-state index contributed by atoms with van der Waals surface area (Å²) in [7, 11) is 0. The second kappa shape index (κ2) is 12.6. The minimum atomic E-state index is -0.687. The lowest BCUT2D eigenvalue weighted by atomic mass is 9.96. The molecule has 0 aliphatic carbocycles. The maximum atomic E-state index is 13.9. The van der Waals surface area contributed by atoms with E-state index in [9.17, 15) is 9.59 Å². The van der Waals surface area contributed by atoms with E-state index in [0.717, 1.165) is 16.7 Å². The number of aromatic nitrogens is 1. The zero-order valence-electron chi connectivity index (χ0n) is 22.9. The lowest BCUT2D eigenvalue weighted by Crippen LogP contribution is -2.39. The van der Waals surface area contributed by atoms with Crippen LogP contribution in [0.1, 0.15) is 43.5 Å². The maximum absolute atomic E-state index is 13.9. The largest absolute Gasteiger partial charge is 0.494 e. The molecule has 210 valence electrons. The molecule has 0 radical (unpaired) electrons. The van der Waals surface area contributed by atoms with Crippen molar-refractivity contribution in [2.75, 3.05) is 13.2 Å². The molecular weight excluding hydrogens is 560 g/mol. The van der Waals surface area contributed by atoms with Crippen molar-refractivity contribution in [2.24, 2.45) is 4.99 Å². The normalized spacial score (nSPS) is 14.8. The van der Waals surface area contributed by atoms with E-state index in [-0.39, 0.29) is 12.2 Å². The number of benzene rings is 3. The fourth-order valence-corrected chi connectivity index (χ4v) is 5.88. The van der Waals surface area contributed by atoms with Crippen molar-refractivity contribution < 1.29 is 19.0 Å². The van der Waals surface area contributed by atoms with Crippen LogP contribution in [0, 0.1) is 0 Å². The average molecular weight is 589 g/mol. The van der Waals surface area contributed by atoms with E-state index in [1.807, 2.05) is 85.8 Å². The molecule has 7 nitrogen and oxygen atoms in total. The number of allylic oxidation sites excluding steroid dienone is 1. The van der Waals surface area contributed by atoms with Gasteiger partial charge in [0.1, 0.15) is 18.1 Å². The van der Waals surface area contributed by atoms with Gasteiger partial charge in [0.05, 0.1) is 35.1 Å². The van der Waals surface area contributed by atoms with Gasteiger partial charge in [-0.1, -0.05) is 65.4 Å². The lowest BCUT2D eigenvalue weighted by molar-refractivity contribution is -0.139. The molecule has 0 spiro atoms. The van der Waals surface area contributed by atoms with Gasteiger partial charge in [0.15, 0.2) is 4.80 Å². The summed E-state index contributed by atoms with van der Waals surface area (Å²) in [5, 5.41) is 0.643. The first kappa shape index (κ1) is 28.4. The van der Waals surface area contributed by atoms with Crippen LogP contribution in [0.4, 0.5) is 0 Å². The number of ether oxygens (including phenoxy) is 3. The van der Waals surface area contributed by atoms with E-state index >= 15 is 0 Å². The van der Waals surface area contributed by atoms with Gasteiger partial charge in [0.2, 0.25) is 0 Å². The Hall–Kier alpha value is -4.14. The molecule has 9 heteroatoms. The minimum Gasteiger partial charge on any atom is -0.494 e. The quantitative estimate of drug-likeness (QED) is 0.244. The maximum Gasteiger partial charge on any atom is 0.338 e. The van der Waals surface area contributed by atoms with Crippen LogP contribution in [0.2, 0.25) is 5.02 Å². The molecule has 0 unspecified atom stereocenters. The van der Waals surface area contributed by atoms with Crippen molar-refractivity contribution in [1.29, 1.82) is 0 Å². The molecular formula is C32H29ClN2O5S. The molecule has 0 saturated carbocycles. The SMILES string of the molecule is CCOC(=O)C1=C(C)N=c2s/c(=C\c3cccc(OCc4ccccc4Cl)c3)c(=O)n2[C@@H]1c1ccc(OCC)cc1. The van der Waals surface area contributed by atoms with Gasteiger partial charge in [0, 0.05) is 10.6 Å². The van der Waals surface area contributed by atoms with Gasteiger partial charge in [-0.15, -0.1) is 0 Å². The molecule has 1 atom stereocenters. The second-order valence-electron chi connectivity index (χ2n) is 9.26. The second-order valence-corrected chi connectivity index (χ2v) is 10.7. The van der Waals surface area contributed by atoms with Gasteiger partial charge in [-0.25, -0.2) is 9.79 Å². The molecule has 3 aromatic carbocycles. The Bertz CT molecular complexity index is 1790. The summed E-state index contributed by atoms with van der Waals surface area (Å²) in [4.78, 5) is 32.1. The highest BCUT2D eigenvalue weighted by Crippen LogP contribution is 2.31. The third kappa shape index (κ3) is 6.14. The van der Waals surface area contributed by atoms with Crippen LogP contribution in [0.15, 0.2) is 93.9 Å². The first-order chi connectivity index (χ1) is 19.9. The first-order valence-electron chi connectivity index (χ1n) is 13.3. The molecule has 41 heavy (non-hydrogen) atoms. The van der Waals surface area contributed by atoms with Gasteiger partial charge < -0.3 is 14.2 Å². The summed E-state index contributed by atoms with van der Waals surface area (Å²) in [6.07, 6.45) is 1.81. The molecule has 0 bridgehead atoms. The Kier molecular flexibility index (Phi) is 8.71. The number of fused-ring (bicyclic) bond motifs is 1. The molecule has 1 aromatic heterocycles. The molecule has 0 amide bonds. The van der Waals surface area contributed by atoms with E-state index in [2.05, 4.69) is 4.99 Å². The van der Waals surface area contributed by atoms with Gasteiger partial charge >= 0.3 is 5.97 Å². The third-order valence-corrected chi connectivity index (χ3v) is 7.88. The summed E-state index contributed by atoms with van der Waals surface area (Å²) >= 11 is 7.54. The highest BCUT2D eigenvalue weighted by atomic mass is 35.5. The van der Waals surface area contributed by atoms with Gasteiger partial charge in [0.25, 0.3) is 5.56 Å². The molecule has 0 N–H and O–H groups in total. The number of hydrogen-bond donors (Lipinski definition) is 0. The Morgan fingerprint density at radius 2 is 1.78 bits per heavy atom. The average Bonchev–Trinajstić information content (AvgIpc) is 3.26. The molecule has 2 heterocycles. The molecule has 5 rings (SSSR count). The summed E-state index contributed by atoms with van der Waals surface area (Å²) in [6, 6.07) is 21.7. The van der Waals surface area contributed by atoms with Crippen LogP contribution < -0.4 is 24.4 Å². The number of nitrogens with zero attached hydrogens (tertiary/aromatic N) is 2. The molecule has 1 aliphatic rings. The first-order valence-corrected chi connectivity index (χ1v) is 14.5. The van der Waals surface area contributed by atoms with Crippen molar-refractivity contribution in [1.82, 2.24) is 4.57 Å². The fourth-order valence-electron chi connectivity index (χ4n) is 4.64. The standard InChI is InChI=1S/C32H29ClN2O5S/c1-4-38-24-15-13-22(14-16-24)29-28(31(37)39-5-2)20(3)34-32-35(29)30(36)27(41-32)18-21-9-8-11-25(17-21)40-19-23-10-6-7-12-26(23)33/h6-18,29H,4-5,19H2,1-3H3/b27-18-/t29-/m1/s1. The number of halogens is 1. The van der Waals surface area contributed by atoms with Gasteiger partial charge in [-0.2, -0.15) is 0 Å². The zero-order valence-corrected chi connectivity index (χ0v) is 24.5. The topological polar surface area (TPSA) is 79.1 Å². The van der Waals surface area contributed by atoms with Crippen LogP contribution in [0.25, 0.3) is 6.08 Å². The van der Waals surface area contributed by atoms with E-state index in [1.54, 1.807) is 18.4 Å². The summed E-state index contributed by atoms with van der Waals surface area (Å²) in [5.74, 6) is 0.864. The van der Waals surface area contributed by atoms with E-state index in [1.165, 1.54) is 11.3 Å². The molecule has 0 saturated heterocycles. The van der Waals surface area contributed by atoms with E-state index < -0.39 is 12.0 Å². The molecule has 4 aromatic rings. The van der Waals surface area contributed by atoms with Crippen molar-refractivity contribution in [2.45, 2.75) is 33.4 Å². The number of rotatable bonds is 9. The van der Waals surface area contributed by atoms with E-state index in [0.29, 0.717) is 50.3 Å². The zero-order chi connectivity index (χ0) is 28.9. The Morgan fingerprint density at radius 1 is 1.00 bits per heavy atom. The van der Waals surface area contributed by atoms with Crippen molar-refractivity contribution in [3.8, 4) is 11.5 Å². The van der Waals surface area contributed by atoms with Crippen LogP contribution in [0.3, 0.4) is 0 Å². The predicted molar refractivity (Wildman–Crippen MR) is 160 cm³/mol. The Morgan fingerprint density at radius 3 is 2.51 bits per heavy atom. The van der Waals surface area contributed by atoms with Crippen LogP contribution >= 0.6 is 22.9 Å². The monoisotopic (exact) mass is 588 g/mol. The van der Waals surface area contributed by atoms with Gasteiger partial charge in [-0.3, -0.25) is 9.36 Å². The number of carbonyl (C=O) groups excluding carboxylic acids is 1. The summed E-state index contributed by atoms with van der Waals surface area (Å²) in [6.45, 7) is 6.51.